The first-order chi connectivity index (χ1) is 12.5. The van der Waals surface area contributed by atoms with Crippen LogP contribution in [0.3, 0.4) is 0 Å². The second-order valence-corrected chi connectivity index (χ2v) is 5.65. The molecule has 2 aromatic carbocycles. The van der Waals surface area contributed by atoms with Gasteiger partial charge in [-0.1, -0.05) is 11.6 Å². The topological polar surface area (TPSA) is 109 Å². The van der Waals surface area contributed by atoms with Crippen molar-refractivity contribution in [3.8, 4) is 17.6 Å². The Morgan fingerprint density at radius 2 is 1.96 bits per heavy atom. The van der Waals surface area contributed by atoms with Crippen molar-refractivity contribution >= 4 is 35.2 Å². The number of aromatic carboxylic acids is 1. The van der Waals surface area contributed by atoms with Gasteiger partial charge in [0.25, 0.3) is 5.91 Å². The number of amides is 1. The van der Waals surface area contributed by atoms with Crippen molar-refractivity contribution in [1.29, 1.82) is 5.26 Å². The van der Waals surface area contributed by atoms with E-state index in [4.69, 9.17) is 26.2 Å². The smallest absolute Gasteiger partial charge is 0.335 e. The number of benzene rings is 2. The van der Waals surface area contributed by atoms with E-state index in [1.807, 2.05) is 6.07 Å². The predicted molar refractivity (Wildman–Crippen MR) is 93.2 cm³/mol. The Kier molecular flexibility index (Phi) is 4.78. The number of nitriles is 1. The van der Waals surface area contributed by atoms with E-state index in [0.717, 1.165) is 0 Å². The van der Waals surface area contributed by atoms with Gasteiger partial charge < -0.3 is 19.9 Å². The van der Waals surface area contributed by atoms with Crippen molar-refractivity contribution < 1.29 is 24.2 Å². The number of fused-ring (bicyclic) bond motifs is 1. The van der Waals surface area contributed by atoms with Gasteiger partial charge in [0.2, 0.25) is 6.79 Å². The lowest BCUT2D eigenvalue weighted by Gasteiger charge is -2.05. The van der Waals surface area contributed by atoms with Crippen LogP contribution in [0.5, 0.6) is 11.5 Å². The lowest BCUT2D eigenvalue weighted by Crippen LogP contribution is -2.13. The van der Waals surface area contributed by atoms with Gasteiger partial charge in [0.05, 0.1) is 10.6 Å². The fourth-order valence-electron chi connectivity index (χ4n) is 2.28. The number of hydrogen-bond acceptors (Lipinski definition) is 5. The molecule has 26 heavy (non-hydrogen) atoms. The fourth-order valence-corrected chi connectivity index (χ4v) is 2.55. The van der Waals surface area contributed by atoms with Crippen molar-refractivity contribution in [3.63, 3.8) is 0 Å². The number of carbonyl (C=O) groups excluding carboxylic acids is 1. The molecule has 0 spiro atoms. The number of carboxylic acid groups (broad SMARTS) is 1. The average molecular weight is 371 g/mol. The second-order valence-electron chi connectivity index (χ2n) is 5.24. The van der Waals surface area contributed by atoms with Crippen LogP contribution in [0.25, 0.3) is 6.08 Å². The number of anilines is 1. The van der Waals surface area contributed by atoms with Crippen LogP contribution in [-0.4, -0.2) is 23.8 Å². The highest BCUT2D eigenvalue weighted by molar-refractivity contribution is 6.32. The quantitative estimate of drug-likeness (QED) is 0.631. The summed E-state index contributed by atoms with van der Waals surface area (Å²) in [6, 6.07) is 10.6. The van der Waals surface area contributed by atoms with Crippen LogP contribution in [0.1, 0.15) is 15.9 Å². The first kappa shape index (κ1) is 17.3. The summed E-state index contributed by atoms with van der Waals surface area (Å²) in [5.74, 6) is -0.847. The summed E-state index contributed by atoms with van der Waals surface area (Å²) in [6.07, 6.45) is 1.37. The zero-order valence-corrected chi connectivity index (χ0v) is 13.9. The monoisotopic (exact) mass is 370 g/mol. The summed E-state index contributed by atoms with van der Waals surface area (Å²) in [4.78, 5) is 23.1. The Bertz CT molecular complexity index is 961. The maximum atomic E-state index is 12.3. The highest BCUT2D eigenvalue weighted by Crippen LogP contribution is 2.40. The summed E-state index contributed by atoms with van der Waals surface area (Å²) in [7, 11) is 0. The molecule has 0 saturated heterocycles. The van der Waals surface area contributed by atoms with Crippen molar-refractivity contribution in [2.24, 2.45) is 0 Å². The molecule has 0 aliphatic carbocycles. The second kappa shape index (κ2) is 7.17. The van der Waals surface area contributed by atoms with Crippen LogP contribution in [0.2, 0.25) is 5.02 Å². The number of carboxylic acids is 1. The van der Waals surface area contributed by atoms with Gasteiger partial charge in [0, 0.05) is 5.69 Å². The summed E-state index contributed by atoms with van der Waals surface area (Å²) < 4.78 is 10.5. The van der Waals surface area contributed by atoms with Crippen molar-refractivity contribution in [2.75, 3.05) is 12.1 Å². The molecule has 2 N–H and O–H groups in total. The van der Waals surface area contributed by atoms with Gasteiger partial charge in [-0.25, -0.2) is 4.79 Å². The summed E-state index contributed by atoms with van der Waals surface area (Å²) in [5, 5.41) is 21.0. The molecular formula is C18H11ClN2O5. The largest absolute Gasteiger partial charge is 0.478 e. The molecule has 1 amide bonds. The number of hydrogen-bond donors (Lipinski definition) is 2. The third-order valence-electron chi connectivity index (χ3n) is 3.52. The molecule has 0 fully saturated rings. The standard InChI is InChI=1S/C18H11ClN2O5/c19-14-6-10(7-15-16(14)26-9-25-15)5-12(8-20)17(22)21-13-3-1-11(2-4-13)18(23)24/h1-7H,9H2,(H,21,22)(H,23,24)/b12-5+. The molecule has 7 nitrogen and oxygen atoms in total. The third kappa shape index (κ3) is 3.61. The normalized spacial score (nSPS) is 12.4. The van der Waals surface area contributed by atoms with E-state index in [2.05, 4.69) is 5.32 Å². The first-order valence-corrected chi connectivity index (χ1v) is 7.71. The number of ether oxygens (including phenoxy) is 2. The van der Waals surface area contributed by atoms with Crippen LogP contribution in [-0.2, 0) is 4.79 Å². The van der Waals surface area contributed by atoms with Gasteiger partial charge in [-0.15, -0.1) is 0 Å². The van der Waals surface area contributed by atoms with E-state index >= 15 is 0 Å². The van der Waals surface area contributed by atoms with Gasteiger partial charge in [-0.2, -0.15) is 5.26 Å². The minimum atomic E-state index is -1.07. The number of rotatable bonds is 4. The molecule has 8 heteroatoms. The Balaban J connectivity index is 1.81. The van der Waals surface area contributed by atoms with E-state index < -0.39 is 11.9 Å². The summed E-state index contributed by atoms with van der Waals surface area (Å²) >= 11 is 6.09. The zero-order chi connectivity index (χ0) is 18.7. The predicted octanol–water partition coefficient (Wildman–Crippen LogP) is 3.31. The lowest BCUT2D eigenvalue weighted by molar-refractivity contribution is -0.112. The van der Waals surface area contributed by atoms with E-state index in [1.54, 1.807) is 12.1 Å². The summed E-state index contributed by atoms with van der Waals surface area (Å²) in [6.45, 7) is 0.0557. The minimum Gasteiger partial charge on any atom is -0.478 e. The molecule has 1 heterocycles. The summed E-state index contributed by atoms with van der Waals surface area (Å²) in [5.41, 5.74) is 0.813. The molecule has 0 atom stereocenters. The SMILES string of the molecule is N#C/C(=C\c1cc(Cl)c2c(c1)OCO2)C(=O)Nc1ccc(C(=O)O)cc1. The molecule has 0 unspecified atom stereocenters. The zero-order valence-electron chi connectivity index (χ0n) is 13.2. The maximum absolute atomic E-state index is 12.3. The molecule has 1 aliphatic heterocycles. The van der Waals surface area contributed by atoms with Crippen LogP contribution in [0, 0.1) is 11.3 Å². The molecule has 0 saturated carbocycles. The molecule has 3 rings (SSSR count). The van der Waals surface area contributed by atoms with E-state index in [0.29, 0.717) is 27.8 Å². The molecule has 1 aliphatic rings. The van der Waals surface area contributed by atoms with Gasteiger partial charge in [0.15, 0.2) is 11.5 Å². The van der Waals surface area contributed by atoms with Crippen molar-refractivity contribution in [2.45, 2.75) is 0 Å². The van der Waals surface area contributed by atoms with Crippen LogP contribution in [0.15, 0.2) is 42.0 Å². The number of nitrogens with zero attached hydrogens (tertiary/aromatic N) is 1. The Morgan fingerprint density at radius 1 is 1.23 bits per heavy atom. The van der Waals surface area contributed by atoms with E-state index in [1.165, 1.54) is 30.3 Å². The van der Waals surface area contributed by atoms with Crippen molar-refractivity contribution in [3.05, 3.63) is 58.1 Å². The molecule has 2 aromatic rings. The molecule has 0 radical (unpaired) electrons. The van der Waals surface area contributed by atoms with Crippen molar-refractivity contribution in [1.82, 2.24) is 0 Å². The van der Waals surface area contributed by atoms with E-state index in [-0.39, 0.29) is 17.9 Å². The fraction of sp³-hybridized carbons (Fsp3) is 0.0556. The minimum absolute atomic E-state index is 0.0557. The van der Waals surface area contributed by atoms with Gasteiger partial charge in [0.1, 0.15) is 11.6 Å². The number of halogens is 1. The average Bonchev–Trinajstić information content (AvgIpc) is 3.09. The Hall–Kier alpha value is -3.50. The highest BCUT2D eigenvalue weighted by Gasteiger charge is 2.18. The number of nitrogens with one attached hydrogen (secondary N) is 1. The van der Waals surface area contributed by atoms with E-state index in [9.17, 15) is 14.9 Å². The molecular weight excluding hydrogens is 360 g/mol. The van der Waals surface area contributed by atoms with Crippen LogP contribution in [0.4, 0.5) is 5.69 Å². The Morgan fingerprint density at radius 3 is 2.62 bits per heavy atom. The first-order valence-electron chi connectivity index (χ1n) is 7.33. The Labute approximate surface area is 153 Å². The van der Waals surface area contributed by atoms with Gasteiger partial charge in [-0.3, -0.25) is 4.79 Å². The number of carbonyl (C=O) groups is 2. The lowest BCUT2D eigenvalue weighted by atomic mass is 10.1. The maximum Gasteiger partial charge on any atom is 0.335 e. The third-order valence-corrected chi connectivity index (χ3v) is 3.80. The van der Waals surface area contributed by atoms with Gasteiger partial charge in [-0.05, 0) is 48.0 Å². The highest BCUT2D eigenvalue weighted by atomic mass is 35.5. The molecule has 130 valence electrons. The van der Waals surface area contributed by atoms with Gasteiger partial charge >= 0.3 is 5.97 Å². The van der Waals surface area contributed by atoms with Crippen LogP contribution >= 0.6 is 11.6 Å². The van der Waals surface area contributed by atoms with Crippen LogP contribution < -0.4 is 14.8 Å². The molecule has 0 aromatic heterocycles. The molecule has 0 bridgehead atoms.